The molecule has 2 atom stereocenters. The lowest BCUT2D eigenvalue weighted by Gasteiger charge is -2.24. The zero-order valence-electron chi connectivity index (χ0n) is 9.86. The molecule has 4 heteroatoms. The van der Waals surface area contributed by atoms with Crippen molar-refractivity contribution in [1.29, 1.82) is 0 Å². The number of carbonyl (C=O) groups is 1. The van der Waals surface area contributed by atoms with Crippen LogP contribution in [0.1, 0.15) is 24.0 Å². The van der Waals surface area contributed by atoms with Gasteiger partial charge in [0.2, 0.25) is 0 Å². The maximum absolute atomic E-state index is 12.0. The van der Waals surface area contributed by atoms with Crippen LogP contribution in [0.4, 0.5) is 0 Å². The summed E-state index contributed by atoms with van der Waals surface area (Å²) in [4.78, 5) is 12.0. The Morgan fingerprint density at radius 2 is 1.94 bits per heavy atom. The Morgan fingerprint density at radius 1 is 1.24 bits per heavy atom. The number of fused-ring (bicyclic) bond motifs is 5. The molecule has 17 heavy (non-hydrogen) atoms. The summed E-state index contributed by atoms with van der Waals surface area (Å²) >= 11 is 0. The molecule has 0 spiro atoms. The second kappa shape index (κ2) is 3.31. The molecule has 0 radical (unpaired) electrons. The number of benzene rings is 1. The average Bonchev–Trinajstić information content (AvgIpc) is 2.92. The highest BCUT2D eigenvalue weighted by Gasteiger charge is 2.64. The molecule has 0 aromatic heterocycles. The van der Waals surface area contributed by atoms with Gasteiger partial charge in [-0.15, -0.1) is 0 Å². The molecule has 0 aliphatic carbocycles. The van der Waals surface area contributed by atoms with Crippen LogP contribution in [0.15, 0.2) is 24.3 Å². The highest BCUT2D eigenvalue weighted by Crippen LogP contribution is 2.58. The van der Waals surface area contributed by atoms with Gasteiger partial charge in [0.25, 0.3) is 0 Å². The summed E-state index contributed by atoms with van der Waals surface area (Å²) in [5.41, 5.74) is 0.848. The lowest BCUT2D eigenvalue weighted by Crippen LogP contribution is -2.34. The number of hydrogen-bond donors (Lipinski definition) is 0. The topological polar surface area (TPSA) is 44.8 Å². The van der Waals surface area contributed by atoms with Crippen molar-refractivity contribution >= 4 is 5.97 Å². The zero-order chi connectivity index (χ0) is 12.1. The lowest BCUT2D eigenvalue weighted by atomic mass is 9.81. The molecular formula is C13H14O4. The van der Waals surface area contributed by atoms with Gasteiger partial charge in [0.1, 0.15) is 0 Å². The van der Waals surface area contributed by atoms with Gasteiger partial charge in [0.05, 0.1) is 7.11 Å². The van der Waals surface area contributed by atoms with Crippen LogP contribution in [0.3, 0.4) is 0 Å². The molecule has 90 valence electrons. The second-order valence-electron chi connectivity index (χ2n) is 4.42. The van der Waals surface area contributed by atoms with Gasteiger partial charge in [-0.2, -0.15) is 0 Å². The molecule has 1 aromatic carbocycles. The molecule has 4 nitrogen and oxygen atoms in total. The van der Waals surface area contributed by atoms with Crippen LogP contribution in [0.5, 0.6) is 0 Å². The Labute approximate surface area is 99.5 Å². The smallest absolute Gasteiger partial charge is 0.343 e. The van der Waals surface area contributed by atoms with E-state index in [0.717, 1.165) is 11.1 Å². The molecule has 2 unspecified atom stereocenters. The van der Waals surface area contributed by atoms with Gasteiger partial charge in [-0.3, -0.25) is 0 Å². The van der Waals surface area contributed by atoms with Crippen molar-refractivity contribution < 1.29 is 19.0 Å². The molecule has 2 aliphatic rings. The predicted molar refractivity (Wildman–Crippen MR) is 59.1 cm³/mol. The first kappa shape index (κ1) is 10.7. The summed E-state index contributed by atoms with van der Waals surface area (Å²) in [5.74, 6) is -1.12. The fourth-order valence-electron chi connectivity index (χ4n) is 2.94. The number of esters is 1. The average molecular weight is 234 g/mol. The standard InChI is InChI=1S/C13H14O4/c1-15-11(14)12-7-8-13(16-2,17-12)10-6-4-3-5-9(10)12/h3-6H,7-8H2,1-2H3. The first-order valence-corrected chi connectivity index (χ1v) is 5.62. The maximum atomic E-state index is 12.0. The van der Waals surface area contributed by atoms with Crippen molar-refractivity contribution in [2.24, 2.45) is 0 Å². The van der Waals surface area contributed by atoms with E-state index in [0.29, 0.717) is 12.8 Å². The molecule has 1 saturated heterocycles. The van der Waals surface area contributed by atoms with Gasteiger partial charge >= 0.3 is 5.97 Å². The van der Waals surface area contributed by atoms with Crippen LogP contribution >= 0.6 is 0 Å². The molecule has 0 saturated carbocycles. The summed E-state index contributed by atoms with van der Waals surface area (Å²) in [5, 5.41) is 0. The number of rotatable bonds is 2. The first-order chi connectivity index (χ1) is 8.18. The van der Waals surface area contributed by atoms with Crippen molar-refractivity contribution in [1.82, 2.24) is 0 Å². The largest absolute Gasteiger partial charge is 0.467 e. The van der Waals surface area contributed by atoms with E-state index in [1.165, 1.54) is 7.11 Å². The molecule has 0 N–H and O–H groups in total. The van der Waals surface area contributed by atoms with E-state index in [1.807, 2.05) is 24.3 Å². The van der Waals surface area contributed by atoms with Crippen LogP contribution in [0.25, 0.3) is 0 Å². The van der Waals surface area contributed by atoms with E-state index in [-0.39, 0.29) is 5.97 Å². The highest BCUT2D eigenvalue weighted by molar-refractivity contribution is 5.84. The minimum absolute atomic E-state index is 0.346. The van der Waals surface area contributed by atoms with Gasteiger partial charge in [-0.05, 0) is 6.42 Å². The van der Waals surface area contributed by atoms with E-state index in [2.05, 4.69) is 0 Å². The summed E-state index contributed by atoms with van der Waals surface area (Å²) < 4.78 is 16.3. The molecule has 2 heterocycles. The summed E-state index contributed by atoms with van der Waals surface area (Å²) in [6.07, 6.45) is 1.28. The van der Waals surface area contributed by atoms with Gasteiger partial charge in [-0.1, -0.05) is 24.3 Å². The van der Waals surface area contributed by atoms with Gasteiger partial charge in [0.15, 0.2) is 11.4 Å². The molecule has 1 aromatic rings. The molecule has 3 rings (SSSR count). The van der Waals surface area contributed by atoms with Crippen molar-refractivity contribution in [2.75, 3.05) is 14.2 Å². The molecule has 0 amide bonds. The van der Waals surface area contributed by atoms with Gasteiger partial charge in [0, 0.05) is 24.7 Å². The third-order valence-electron chi connectivity index (χ3n) is 3.76. The summed E-state index contributed by atoms with van der Waals surface area (Å²) in [6.45, 7) is 0. The van der Waals surface area contributed by atoms with Crippen molar-refractivity contribution in [2.45, 2.75) is 24.2 Å². The van der Waals surface area contributed by atoms with Crippen molar-refractivity contribution in [3.63, 3.8) is 0 Å². The predicted octanol–water partition coefficient (Wildman–Crippen LogP) is 1.68. The summed E-state index contributed by atoms with van der Waals surface area (Å²) in [6, 6.07) is 7.68. The SMILES string of the molecule is COC(=O)C12CCC(OC)(O1)c1ccccc12. The normalized spacial score (nSPS) is 33.5. The van der Waals surface area contributed by atoms with E-state index < -0.39 is 11.4 Å². The molecule has 2 bridgehead atoms. The number of ether oxygens (including phenoxy) is 3. The Kier molecular flexibility index (Phi) is 2.09. The highest BCUT2D eigenvalue weighted by atomic mass is 16.7. The van der Waals surface area contributed by atoms with E-state index in [9.17, 15) is 4.79 Å². The fraction of sp³-hybridized carbons (Fsp3) is 0.462. The Hall–Kier alpha value is -1.39. The molecule has 2 aliphatic heterocycles. The van der Waals surface area contributed by atoms with Crippen LogP contribution in [-0.2, 0) is 30.4 Å². The van der Waals surface area contributed by atoms with Crippen LogP contribution < -0.4 is 0 Å². The summed E-state index contributed by atoms with van der Waals surface area (Å²) in [7, 11) is 2.99. The Morgan fingerprint density at radius 3 is 2.59 bits per heavy atom. The van der Waals surface area contributed by atoms with Crippen LogP contribution in [0, 0.1) is 0 Å². The number of carbonyl (C=O) groups excluding carboxylic acids is 1. The van der Waals surface area contributed by atoms with E-state index in [4.69, 9.17) is 14.2 Å². The van der Waals surface area contributed by atoms with Crippen molar-refractivity contribution in [3.8, 4) is 0 Å². The Bertz CT molecular complexity index is 484. The van der Waals surface area contributed by atoms with Gasteiger partial charge < -0.3 is 14.2 Å². The number of hydrogen-bond acceptors (Lipinski definition) is 4. The van der Waals surface area contributed by atoms with Crippen LogP contribution in [-0.4, -0.2) is 20.2 Å². The maximum Gasteiger partial charge on any atom is 0.343 e. The fourth-order valence-corrected chi connectivity index (χ4v) is 2.94. The third-order valence-corrected chi connectivity index (χ3v) is 3.76. The molecule has 1 fully saturated rings. The number of methoxy groups -OCH3 is 2. The lowest BCUT2D eigenvalue weighted by molar-refractivity contribution is -0.237. The second-order valence-corrected chi connectivity index (χ2v) is 4.42. The van der Waals surface area contributed by atoms with Crippen molar-refractivity contribution in [3.05, 3.63) is 35.4 Å². The molecular weight excluding hydrogens is 220 g/mol. The quantitative estimate of drug-likeness (QED) is 0.730. The minimum atomic E-state index is -0.971. The Balaban J connectivity index is 2.21. The monoisotopic (exact) mass is 234 g/mol. The minimum Gasteiger partial charge on any atom is -0.467 e. The van der Waals surface area contributed by atoms with E-state index >= 15 is 0 Å². The first-order valence-electron chi connectivity index (χ1n) is 5.62. The van der Waals surface area contributed by atoms with Gasteiger partial charge in [-0.25, -0.2) is 4.79 Å². The third kappa shape index (κ3) is 1.12. The van der Waals surface area contributed by atoms with E-state index in [1.54, 1.807) is 7.11 Å². The van der Waals surface area contributed by atoms with Crippen LogP contribution in [0.2, 0.25) is 0 Å². The zero-order valence-corrected chi connectivity index (χ0v) is 9.86.